The van der Waals surface area contributed by atoms with E-state index in [0.29, 0.717) is 5.56 Å². The van der Waals surface area contributed by atoms with Crippen LogP contribution < -0.4 is 0 Å². The van der Waals surface area contributed by atoms with Crippen LogP contribution in [0.15, 0.2) is 18.2 Å². The predicted octanol–water partition coefficient (Wildman–Crippen LogP) is 3.59. The summed E-state index contributed by atoms with van der Waals surface area (Å²) in [4.78, 5) is 10.7. The van der Waals surface area contributed by atoms with E-state index in [-0.39, 0.29) is 11.0 Å². The van der Waals surface area contributed by atoms with Crippen molar-refractivity contribution < 1.29 is 9.18 Å². The molecule has 1 aromatic heterocycles. The first-order valence-electron chi connectivity index (χ1n) is 3.97. The van der Waals surface area contributed by atoms with Crippen molar-refractivity contribution in [2.45, 2.75) is 5.88 Å². The lowest BCUT2D eigenvalue weighted by Gasteiger charge is -1.99. The van der Waals surface area contributed by atoms with Crippen molar-refractivity contribution in [1.29, 1.82) is 0 Å². The van der Waals surface area contributed by atoms with Gasteiger partial charge in [0, 0.05) is 16.1 Å². The van der Waals surface area contributed by atoms with Gasteiger partial charge < -0.3 is 0 Å². The number of hydrogen-bond acceptors (Lipinski definition) is 2. The third-order valence-electron chi connectivity index (χ3n) is 2.02. The molecule has 0 saturated carbocycles. The summed E-state index contributed by atoms with van der Waals surface area (Å²) in [5, 5.41) is 0.507. The fourth-order valence-corrected chi connectivity index (χ4v) is 2.40. The number of benzene rings is 1. The highest BCUT2D eigenvalue weighted by molar-refractivity contribution is 7.17. The van der Waals surface area contributed by atoms with Crippen molar-refractivity contribution in [2.24, 2.45) is 0 Å². The zero-order valence-corrected chi connectivity index (χ0v) is 8.66. The second kappa shape index (κ2) is 3.67. The van der Waals surface area contributed by atoms with Gasteiger partial charge in [-0.25, -0.2) is 0 Å². The van der Waals surface area contributed by atoms with Gasteiger partial charge >= 0.3 is 0 Å². The number of alkyl halides is 1. The second-order valence-corrected chi connectivity index (χ2v) is 4.19. The molecule has 0 N–H and O–H groups in total. The van der Waals surface area contributed by atoms with Gasteiger partial charge in [0.25, 0.3) is 0 Å². The van der Waals surface area contributed by atoms with Crippen LogP contribution in [0.1, 0.15) is 15.9 Å². The molecule has 0 atom stereocenters. The highest BCUT2D eigenvalue weighted by atomic mass is 35.5. The molecule has 0 bridgehead atoms. The van der Waals surface area contributed by atoms with Crippen LogP contribution in [0, 0.1) is 5.13 Å². The lowest BCUT2D eigenvalue weighted by molar-refractivity contribution is 0.112. The van der Waals surface area contributed by atoms with Gasteiger partial charge in [0.1, 0.15) is 6.29 Å². The number of halogens is 2. The molecule has 1 aromatic carbocycles. The average molecular weight is 229 g/mol. The van der Waals surface area contributed by atoms with Crippen molar-refractivity contribution in [3.05, 3.63) is 34.5 Å². The monoisotopic (exact) mass is 228 g/mol. The van der Waals surface area contributed by atoms with Crippen LogP contribution in [0.25, 0.3) is 10.1 Å². The first kappa shape index (κ1) is 9.62. The molecule has 72 valence electrons. The van der Waals surface area contributed by atoms with Crippen molar-refractivity contribution in [3.8, 4) is 0 Å². The van der Waals surface area contributed by atoms with E-state index < -0.39 is 0 Å². The van der Waals surface area contributed by atoms with E-state index in [9.17, 15) is 9.18 Å². The number of aldehydes is 1. The summed E-state index contributed by atoms with van der Waals surface area (Å²) >= 11 is 6.73. The SMILES string of the molecule is O=Cc1cc2cc(F)sc2cc1CCl. The van der Waals surface area contributed by atoms with Crippen molar-refractivity contribution in [3.63, 3.8) is 0 Å². The maximum Gasteiger partial charge on any atom is 0.177 e. The molecule has 14 heavy (non-hydrogen) atoms. The lowest BCUT2D eigenvalue weighted by atomic mass is 10.1. The maximum atomic E-state index is 12.9. The molecule has 2 rings (SSSR count). The lowest BCUT2D eigenvalue weighted by Crippen LogP contribution is -1.87. The average Bonchev–Trinajstić information content (AvgIpc) is 2.54. The van der Waals surface area contributed by atoms with Crippen LogP contribution in [-0.2, 0) is 5.88 Å². The second-order valence-electron chi connectivity index (χ2n) is 2.89. The van der Waals surface area contributed by atoms with E-state index >= 15 is 0 Å². The number of fused-ring (bicyclic) bond motifs is 1. The zero-order chi connectivity index (χ0) is 10.1. The molecule has 0 radical (unpaired) electrons. The Labute approximate surface area is 89.1 Å². The zero-order valence-electron chi connectivity index (χ0n) is 7.09. The fraction of sp³-hybridized carbons (Fsp3) is 0.100. The van der Waals surface area contributed by atoms with E-state index in [1.54, 1.807) is 12.1 Å². The van der Waals surface area contributed by atoms with E-state index in [2.05, 4.69) is 0 Å². The van der Waals surface area contributed by atoms with E-state index in [0.717, 1.165) is 33.3 Å². The molecule has 2 aromatic rings. The van der Waals surface area contributed by atoms with E-state index in [1.807, 2.05) is 0 Å². The van der Waals surface area contributed by atoms with Gasteiger partial charge in [-0.1, -0.05) is 0 Å². The Kier molecular flexibility index (Phi) is 2.52. The van der Waals surface area contributed by atoms with Crippen LogP contribution in [0.4, 0.5) is 4.39 Å². The predicted molar refractivity (Wildman–Crippen MR) is 56.7 cm³/mol. The normalized spacial score (nSPS) is 10.7. The highest BCUT2D eigenvalue weighted by Gasteiger charge is 2.06. The van der Waals surface area contributed by atoms with Gasteiger partial charge in [0.05, 0.1) is 0 Å². The standard InChI is InChI=1S/C10H6ClFOS/c11-4-7-2-9-6(1-8(7)5-13)3-10(12)14-9/h1-3,5H,4H2. The summed E-state index contributed by atoms with van der Waals surface area (Å²) in [7, 11) is 0. The minimum atomic E-state index is -0.247. The first-order valence-corrected chi connectivity index (χ1v) is 5.33. The minimum Gasteiger partial charge on any atom is -0.298 e. The molecular formula is C10H6ClFOS. The third kappa shape index (κ3) is 1.53. The molecule has 0 unspecified atom stereocenters. The number of carbonyl (C=O) groups excluding carboxylic acids is 1. The molecular weight excluding hydrogens is 223 g/mol. The van der Waals surface area contributed by atoms with Crippen LogP contribution >= 0.6 is 22.9 Å². The van der Waals surface area contributed by atoms with E-state index in [4.69, 9.17) is 11.6 Å². The van der Waals surface area contributed by atoms with Crippen LogP contribution in [0.3, 0.4) is 0 Å². The van der Waals surface area contributed by atoms with Crippen molar-refractivity contribution >= 4 is 39.3 Å². The first-order chi connectivity index (χ1) is 6.74. The quantitative estimate of drug-likeness (QED) is 0.567. The van der Waals surface area contributed by atoms with Gasteiger partial charge in [-0.3, -0.25) is 4.79 Å². The fourth-order valence-electron chi connectivity index (χ4n) is 1.34. The topological polar surface area (TPSA) is 17.1 Å². The molecule has 0 spiro atoms. The summed E-state index contributed by atoms with van der Waals surface area (Å²) in [5.74, 6) is 0.267. The van der Waals surface area contributed by atoms with Crippen molar-refractivity contribution in [1.82, 2.24) is 0 Å². The third-order valence-corrected chi connectivity index (χ3v) is 3.19. The maximum absolute atomic E-state index is 12.9. The van der Waals surface area contributed by atoms with E-state index in [1.165, 1.54) is 6.07 Å². The number of rotatable bonds is 2. The summed E-state index contributed by atoms with van der Waals surface area (Å²) < 4.78 is 13.7. The molecule has 0 amide bonds. The van der Waals surface area contributed by atoms with Gasteiger partial charge in [-0.2, -0.15) is 4.39 Å². The molecule has 0 aliphatic heterocycles. The van der Waals surface area contributed by atoms with Gasteiger partial charge in [0.15, 0.2) is 5.13 Å². The summed E-state index contributed by atoms with van der Waals surface area (Å²) in [6.45, 7) is 0. The van der Waals surface area contributed by atoms with Crippen LogP contribution in [0.5, 0.6) is 0 Å². The molecule has 0 aliphatic rings. The number of hydrogen-bond donors (Lipinski definition) is 0. The Balaban J connectivity index is 2.74. The molecule has 0 aliphatic carbocycles. The summed E-state index contributed by atoms with van der Waals surface area (Å²) in [6, 6.07) is 4.85. The largest absolute Gasteiger partial charge is 0.298 e. The Morgan fingerprint density at radius 2 is 2.21 bits per heavy atom. The van der Waals surface area contributed by atoms with Crippen LogP contribution in [0.2, 0.25) is 0 Å². The summed E-state index contributed by atoms with van der Waals surface area (Å²) in [5.41, 5.74) is 1.28. The Morgan fingerprint density at radius 3 is 2.86 bits per heavy atom. The molecule has 0 saturated heterocycles. The molecule has 4 heteroatoms. The Bertz CT molecular complexity index is 492. The summed E-state index contributed by atoms with van der Waals surface area (Å²) in [6.07, 6.45) is 0.743. The minimum absolute atomic E-state index is 0.247. The smallest absolute Gasteiger partial charge is 0.177 e. The Hall–Kier alpha value is -0.930. The van der Waals surface area contributed by atoms with Crippen molar-refractivity contribution in [2.75, 3.05) is 0 Å². The van der Waals surface area contributed by atoms with Gasteiger partial charge in [-0.05, 0) is 29.1 Å². The Morgan fingerprint density at radius 1 is 1.43 bits per heavy atom. The van der Waals surface area contributed by atoms with Gasteiger partial charge in [-0.15, -0.1) is 22.9 Å². The van der Waals surface area contributed by atoms with Gasteiger partial charge in [0.2, 0.25) is 0 Å². The molecule has 0 fully saturated rings. The highest BCUT2D eigenvalue weighted by Crippen LogP contribution is 2.27. The molecule has 1 nitrogen and oxygen atoms in total. The van der Waals surface area contributed by atoms with Crippen LogP contribution in [-0.4, -0.2) is 6.29 Å². The number of thiophene rings is 1. The number of carbonyl (C=O) groups is 1. The molecule has 1 heterocycles.